The molecule has 0 atom stereocenters. The summed E-state index contributed by atoms with van der Waals surface area (Å²) in [6.45, 7) is 1.31. The van der Waals surface area contributed by atoms with Crippen LogP contribution in [0.15, 0.2) is 24.3 Å². The Morgan fingerprint density at radius 1 is 1.22 bits per heavy atom. The largest absolute Gasteiger partial charge is 0.369 e. The second kappa shape index (κ2) is 10.6. The van der Waals surface area contributed by atoms with E-state index in [1.807, 2.05) is 4.90 Å². The third-order valence-electron chi connectivity index (χ3n) is 4.95. The van der Waals surface area contributed by atoms with Crippen LogP contribution in [0, 0.1) is 16.0 Å². The molecular weight excluding hydrogens is 348 g/mol. The first kappa shape index (κ1) is 20.8. The average molecular weight is 376 g/mol. The van der Waals surface area contributed by atoms with E-state index in [-0.39, 0.29) is 24.6 Å². The molecule has 8 nitrogen and oxygen atoms in total. The zero-order valence-corrected chi connectivity index (χ0v) is 15.6. The highest BCUT2D eigenvalue weighted by molar-refractivity contribution is 5.91. The molecule has 3 N–H and O–H groups in total. The van der Waals surface area contributed by atoms with Gasteiger partial charge in [0.25, 0.3) is 5.69 Å². The molecule has 0 bridgehead atoms. The molecule has 0 saturated heterocycles. The number of nitrogens with two attached hydrogens (primary N) is 1. The van der Waals surface area contributed by atoms with E-state index >= 15 is 0 Å². The van der Waals surface area contributed by atoms with Crippen molar-refractivity contribution in [2.24, 2.45) is 11.7 Å². The second-order valence-electron chi connectivity index (χ2n) is 7.14. The molecule has 148 valence electrons. The zero-order valence-electron chi connectivity index (χ0n) is 15.6. The Labute approximate surface area is 159 Å². The predicted octanol–water partition coefficient (Wildman–Crippen LogP) is 2.68. The number of anilines is 1. The molecule has 0 aliphatic heterocycles. The van der Waals surface area contributed by atoms with Crippen molar-refractivity contribution in [3.05, 3.63) is 34.4 Å². The van der Waals surface area contributed by atoms with Crippen LogP contribution in [-0.2, 0) is 9.59 Å². The number of nitro groups is 1. The summed E-state index contributed by atoms with van der Waals surface area (Å²) in [4.78, 5) is 35.7. The molecule has 1 aromatic rings. The first-order valence-corrected chi connectivity index (χ1v) is 9.49. The van der Waals surface area contributed by atoms with E-state index in [1.165, 1.54) is 50.3 Å². The lowest BCUT2D eigenvalue weighted by atomic mass is 9.87. The van der Waals surface area contributed by atoms with Crippen LogP contribution in [0.25, 0.3) is 0 Å². The maximum Gasteiger partial charge on any atom is 0.271 e. The van der Waals surface area contributed by atoms with Crippen molar-refractivity contribution >= 4 is 23.2 Å². The van der Waals surface area contributed by atoms with Crippen LogP contribution in [0.5, 0.6) is 0 Å². The summed E-state index contributed by atoms with van der Waals surface area (Å²) in [7, 11) is 0. The fraction of sp³-hybridized carbons (Fsp3) is 0.579. The Balaban J connectivity index is 1.81. The molecule has 0 unspecified atom stereocenters. The Morgan fingerprint density at radius 3 is 2.63 bits per heavy atom. The molecule has 27 heavy (non-hydrogen) atoms. The van der Waals surface area contributed by atoms with E-state index in [9.17, 15) is 19.7 Å². The van der Waals surface area contributed by atoms with Crippen LogP contribution in [-0.4, -0.2) is 41.3 Å². The van der Waals surface area contributed by atoms with Crippen LogP contribution in [0.3, 0.4) is 0 Å². The van der Waals surface area contributed by atoms with E-state index in [0.29, 0.717) is 18.2 Å². The van der Waals surface area contributed by atoms with E-state index in [2.05, 4.69) is 5.32 Å². The zero-order chi connectivity index (χ0) is 19.6. The molecular formula is C19H28N4O4. The summed E-state index contributed by atoms with van der Waals surface area (Å²) in [5, 5.41) is 13.5. The molecule has 8 heteroatoms. The van der Waals surface area contributed by atoms with E-state index in [0.717, 1.165) is 13.0 Å². The van der Waals surface area contributed by atoms with Crippen LogP contribution < -0.4 is 11.1 Å². The molecule has 1 aromatic carbocycles. The van der Waals surface area contributed by atoms with E-state index in [1.54, 1.807) is 6.07 Å². The molecule has 0 radical (unpaired) electrons. The summed E-state index contributed by atoms with van der Waals surface area (Å²) in [6, 6.07) is 5.82. The quantitative estimate of drug-likeness (QED) is 0.481. The fourth-order valence-corrected chi connectivity index (χ4v) is 3.51. The molecule has 1 fully saturated rings. The lowest BCUT2D eigenvalue weighted by molar-refractivity contribution is -0.384. The number of hydrogen-bond acceptors (Lipinski definition) is 5. The summed E-state index contributed by atoms with van der Waals surface area (Å²) >= 11 is 0. The third kappa shape index (κ3) is 7.74. The van der Waals surface area contributed by atoms with Gasteiger partial charge in [0.15, 0.2) is 0 Å². The van der Waals surface area contributed by atoms with E-state index in [4.69, 9.17) is 5.73 Å². The van der Waals surface area contributed by atoms with Gasteiger partial charge in [-0.15, -0.1) is 0 Å². The Hall–Kier alpha value is -2.48. The summed E-state index contributed by atoms with van der Waals surface area (Å²) in [6.07, 6.45) is 7.52. The number of nitrogens with zero attached hydrogens (tertiary/aromatic N) is 2. The molecule has 1 aliphatic rings. The van der Waals surface area contributed by atoms with Crippen molar-refractivity contribution < 1.29 is 14.5 Å². The molecule has 0 heterocycles. The standard InChI is InChI=1S/C19H28N4O4/c20-18(24)14-22(11-9-15-5-2-1-3-6-15)12-10-19(25)21-16-7-4-8-17(13-16)23(26)27/h4,7-8,13,15H,1-3,5-6,9-12,14H2,(H2,20,24)(H,21,25). The van der Waals surface area contributed by atoms with Crippen molar-refractivity contribution in [2.75, 3.05) is 25.0 Å². The number of nitro benzene ring substituents is 1. The minimum atomic E-state index is -0.504. The van der Waals surface area contributed by atoms with Crippen molar-refractivity contribution in [3.8, 4) is 0 Å². The molecule has 0 aromatic heterocycles. The van der Waals surface area contributed by atoms with Gasteiger partial charge in [-0.3, -0.25) is 24.6 Å². The molecule has 1 saturated carbocycles. The number of non-ortho nitro benzene ring substituents is 1. The van der Waals surface area contributed by atoms with Crippen LogP contribution in [0.2, 0.25) is 0 Å². The Bertz CT molecular complexity index is 659. The van der Waals surface area contributed by atoms with Gasteiger partial charge in [-0.05, 0) is 24.9 Å². The Morgan fingerprint density at radius 2 is 1.96 bits per heavy atom. The minimum absolute atomic E-state index is 0.0735. The lowest BCUT2D eigenvalue weighted by Gasteiger charge is -2.26. The number of carbonyl (C=O) groups is 2. The van der Waals surface area contributed by atoms with Crippen LogP contribution in [0.1, 0.15) is 44.9 Å². The first-order valence-electron chi connectivity index (χ1n) is 9.49. The van der Waals surface area contributed by atoms with Gasteiger partial charge in [-0.25, -0.2) is 0 Å². The maximum absolute atomic E-state index is 12.2. The summed E-state index contributed by atoms with van der Waals surface area (Å²) in [5.74, 6) is 0.0354. The predicted molar refractivity (Wildman–Crippen MR) is 103 cm³/mol. The topological polar surface area (TPSA) is 119 Å². The average Bonchev–Trinajstić information content (AvgIpc) is 2.64. The van der Waals surface area contributed by atoms with E-state index < -0.39 is 10.8 Å². The van der Waals surface area contributed by atoms with Crippen molar-refractivity contribution in [2.45, 2.75) is 44.9 Å². The minimum Gasteiger partial charge on any atom is -0.369 e. The van der Waals surface area contributed by atoms with Gasteiger partial charge in [-0.1, -0.05) is 38.2 Å². The van der Waals surface area contributed by atoms with Crippen molar-refractivity contribution in [1.82, 2.24) is 4.90 Å². The monoisotopic (exact) mass is 376 g/mol. The molecule has 1 aliphatic carbocycles. The smallest absolute Gasteiger partial charge is 0.271 e. The summed E-state index contributed by atoms with van der Waals surface area (Å²) < 4.78 is 0. The van der Waals surface area contributed by atoms with Gasteiger partial charge in [0, 0.05) is 30.8 Å². The molecule has 0 spiro atoms. The number of carbonyl (C=O) groups excluding carboxylic acids is 2. The maximum atomic E-state index is 12.2. The summed E-state index contributed by atoms with van der Waals surface area (Å²) in [5.41, 5.74) is 5.65. The number of amides is 2. The number of rotatable bonds is 10. The third-order valence-corrected chi connectivity index (χ3v) is 4.95. The normalized spacial score (nSPS) is 14.9. The van der Waals surface area contributed by atoms with Gasteiger partial charge in [0.05, 0.1) is 11.5 Å². The van der Waals surface area contributed by atoms with Gasteiger partial charge in [0.2, 0.25) is 11.8 Å². The molecule has 2 amide bonds. The number of benzene rings is 1. The highest BCUT2D eigenvalue weighted by Crippen LogP contribution is 2.26. The van der Waals surface area contributed by atoms with Crippen LogP contribution in [0.4, 0.5) is 11.4 Å². The SMILES string of the molecule is NC(=O)CN(CCC(=O)Nc1cccc([N+](=O)[O-])c1)CCC1CCCCC1. The highest BCUT2D eigenvalue weighted by Gasteiger charge is 2.17. The number of nitrogens with one attached hydrogen (secondary N) is 1. The fourth-order valence-electron chi connectivity index (χ4n) is 3.51. The molecule has 2 rings (SSSR count). The van der Waals surface area contributed by atoms with Gasteiger partial charge < -0.3 is 11.1 Å². The lowest BCUT2D eigenvalue weighted by Crippen LogP contribution is -2.37. The number of primary amides is 1. The van der Waals surface area contributed by atoms with Crippen molar-refractivity contribution in [3.63, 3.8) is 0 Å². The van der Waals surface area contributed by atoms with Gasteiger partial charge in [-0.2, -0.15) is 0 Å². The Kier molecular flexibility index (Phi) is 8.19. The van der Waals surface area contributed by atoms with Gasteiger partial charge in [0.1, 0.15) is 0 Å². The van der Waals surface area contributed by atoms with Crippen molar-refractivity contribution in [1.29, 1.82) is 0 Å². The second-order valence-corrected chi connectivity index (χ2v) is 7.14. The number of hydrogen-bond donors (Lipinski definition) is 2. The highest BCUT2D eigenvalue weighted by atomic mass is 16.6. The first-order chi connectivity index (χ1) is 12.9. The van der Waals surface area contributed by atoms with Gasteiger partial charge >= 0.3 is 0 Å². The van der Waals surface area contributed by atoms with Crippen LogP contribution >= 0.6 is 0 Å².